The summed E-state index contributed by atoms with van der Waals surface area (Å²) in [6.45, 7) is 0. The minimum Gasteiger partial charge on any atom is -0.493 e. The van der Waals surface area contributed by atoms with Crippen LogP contribution >= 0.6 is 0 Å². The third-order valence-corrected chi connectivity index (χ3v) is 2.87. The number of nitriles is 1. The molecule has 2 unspecified atom stereocenters. The first-order chi connectivity index (χ1) is 9.76. The third-order valence-electron chi connectivity index (χ3n) is 2.87. The number of aliphatic hydroxyl groups excluding tert-OH is 1. The molecule has 4 nitrogen and oxygen atoms in total. The Labute approximate surface area is 117 Å². The number of ether oxygens (including phenoxy) is 2. The van der Waals surface area contributed by atoms with Crippen LogP contribution in [0.15, 0.2) is 54.6 Å². The van der Waals surface area contributed by atoms with Crippen LogP contribution < -0.4 is 9.47 Å². The number of nitrogens with zero attached hydrogens (tertiary/aromatic N) is 1. The Morgan fingerprint density at radius 1 is 1.00 bits per heavy atom. The molecule has 2 aromatic carbocycles. The molecule has 2 aromatic rings. The summed E-state index contributed by atoms with van der Waals surface area (Å²) < 4.78 is 11.0. The molecule has 0 aliphatic heterocycles. The van der Waals surface area contributed by atoms with Gasteiger partial charge >= 0.3 is 0 Å². The van der Waals surface area contributed by atoms with Gasteiger partial charge in [0.25, 0.3) is 0 Å². The SMILES string of the molecule is COc1ccccc1OC(c1ccccc1)C(O)C#N. The quantitative estimate of drug-likeness (QED) is 0.848. The largest absolute Gasteiger partial charge is 0.493 e. The fourth-order valence-corrected chi connectivity index (χ4v) is 1.88. The van der Waals surface area contributed by atoms with Gasteiger partial charge in [0.15, 0.2) is 23.7 Å². The van der Waals surface area contributed by atoms with Gasteiger partial charge in [-0.05, 0) is 17.7 Å². The number of para-hydroxylation sites is 2. The molecule has 102 valence electrons. The van der Waals surface area contributed by atoms with Crippen LogP contribution in [-0.4, -0.2) is 18.3 Å². The second kappa shape index (κ2) is 6.60. The molecule has 4 heteroatoms. The summed E-state index contributed by atoms with van der Waals surface area (Å²) in [5, 5.41) is 18.8. The smallest absolute Gasteiger partial charge is 0.181 e. The van der Waals surface area contributed by atoms with E-state index in [1.54, 1.807) is 37.4 Å². The summed E-state index contributed by atoms with van der Waals surface area (Å²) in [7, 11) is 1.54. The van der Waals surface area contributed by atoms with Crippen molar-refractivity contribution in [2.24, 2.45) is 0 Å². The molecule has 2 atom stereocenters. The first kappa shape index (κ1) is 13.9. The number of rotatable bonds is 5. The third kappa shape index (κ3) is 3.08. The van der Waals surface area contributed by atoms with Gasteiger partial charge in [0, 0.05) is 0 Å². The molecule has 1 N–H and O–H groups in total. The van der Waals surface area contributed by atoms with E-state index in [-0.39, 0.29) is 0 Å². The monoisotopic (exact) mass is 269 g/mol. The molecule has 0 saturated heterocycles. The van der Waals surface area contributed by atoms with Crippen molar-refractivity contribution in [2.45, 2.75) is 12.2 Å². The lowest BCUT2D eigenvalue weighted by molar-refractivity contribution is 0.0692. The molecule has 0 amide bonds. The summed E-state index contributed by atoms with van der Waals surface area (Å²) in [4.78, 5) is 0. The van der Waals surface area contributed by atoms with Crippen molar-refractivity contribution in [3.8, 4) is 17.6 Å². The van der Waals surface area contributed by atoms with Gasteiger partial charge in [-0.1, -0.05) is 42.5 Å². The van der Waals surface area contributed by atoms with Gasteiger partial charge in [0.1, 0.15) is 0 Å². The van der Waals surface area contributed by atoms with E-state index in [0.29, 0.717) is 11.5 Å². The van der Waals surface area contributed by atoms with E-state index in [0.717, 1.165) is 5.56 Å². The molecule has 0 spiro atoms. The number of hydrogen-bond acceptors (Lipinski definition) is 4. The molecule has 0 aromatic heterocycles. The van der Waals surface area contributed by atoms with Crippen molar-refractivity contribution in [3.63, 3.8) is 0 Å². The predicted molar refractivity (Wildman–Crippen MR) is 74.4 cm³/mol. The Kier molecular flexibility index (Phi) is 4.59. The summed E-state index contributed by atoms with van der Waals surface area (Å²) >= 11 is 0. The van der Waals surface area contributed by atoms with Crippen LogP contribution in [0.1, 0.15) is 11.7 Å². The minimum atomic E-state index is -1.26. The average Bonchev–Trinajstić information content (AvgIpc) is 2.53. The lowest BCUT2D eigenvalue weighted by atomic mass is 10.1. The molecule has 0 bridgehead atoms. The number of methoxy groups -OCH3 is 1. The van der Waals surface area contributed by atoms with E-state index in [2.05, 4.69) is 0 Å². The van der Waals surface area contributed by atoms with Gasteiger partial charge in [-0.2, -0.15) is 5.26 Å². The highest BCUT2D eigenvalue weighted by atomic mass is 16.5. The molecule has 0 fully saturated rings. The summed E-state index contributed by atoms with van der Waals surface area (Å²) in [5.74, 6) is 1.04. The second-order valence-corrected chi connectivity index (χ2v) is 4.17. The van der Waals surface area contributed by atoms with Crippen molar-refractivity contribution in [3.05, 3.63) is 60.2 Å². The fraction of sp³-hybridized carbons (Fsp3) is 0.188. The highest BCUT2D eigenvalue weighted by molar-refractivity contribution is 5.40. The Bertz CT molecular complexity index is 592. The van der Waals surface area contributed by atoms with E-state index in [4.69, 9.17) is 14.7 Å². The minimum absolute atomic E-state index is 0.484. The lowest BCUT2D eigenvalue weighted by Gasteiger charge is -2.21. The maximum absolute atomic E-state index is 9.87. The van der Waals surface area contributed by atoms with Crippen molar-refractivity contribution >= 4 is 0 Å². The van der Waals surface area contributed by atoms with Crippen LogP contribution in [0.2, 0.25) is 0 Å². The van der Waals surface area contributed by atoms with Crippen LogP contribution in [0.25, 0.3) is 0 Å². The van der Waals surface area contributed by atoms with Crippen molar-refractivity contribution in [2.75, 3.05) is 7.11 Å². The maximum atomic E-state index is 9.87. The molecule has 2 rings (SSSR count). The van der Waals surface area contributed by atoms with Crippen LogP contribution in [-0.2, 0) is 0 Å². The average molecular weight is 269 g/mol. The zero-order chi connectivity index (χ0) is 14.4. The second-order valence-electron chi connectivity index (χ2n) is 4.17. The summed E-state index contributed by atoms with van der Waals surface area (Å²) in [5.41, 5.74) is 0.729. The lowest BCUT2D eigenvalue weighted by Crippen LogP contribution is -2.22. The van der Waals surface area contributed by atoms with Gasteiger partial charge in [-0.15, -0.1) is 0 Å². The topological polar surface area (TPSA) is 62.5 Å². The molecule has 0 saturated carbocycles. The molecule has 20 heavy (non-hydrogen) atoms. The van der Waals surface area contributed by atoms with Gasteiger partial charge in [0.2, 0.25) is 0 Å². The molecule has 0 aliphatic carbocycles. The standard InChI is InChI=1S/C16H15NO3/c1-19-14-9-5-6-10-15(14)20-16(13(18)11-17)12-7-3-2-4-8-12/h2-10,13,16,18H,1H3. The van der Waals surface area contributed by atoms with Gasteiger partial charge in [0.05, 0.1) is 13.2 Å². The van der Waals surface area contributed by atoms with Crippen LogP contribution in [0.3, 0.4) is 0 Å². The zero-order valence-corrected chi connectivity index (χ0v) is 11.1. The summed E-state index contributed by atoms with van der Waals surface area (Å²) in [6.07, 6.45) is -2.03. The number of hydrogen-bond donors (Lipinski definition) is 1. The molecule has 0 radical (unpaired) electrons. The maximum Gasteiger partial charge on any atom is 0.181 e. The highest BCUT2D eigenvalue weighted by Gasteiger charge is 2.23. The Hall–Kier alpha value is -2.51. The zero-order valence-electron chi connectivity index (χ0n) is 11.1. The van der Waals surface area contributed by atoms with Crippen LogP contribution in [0, 0.1) is 11.3 Å². The first-order valence-corrected chi connectivity index (χ1v) is 6.18. The van der Waals surface area contributed by atoms with E-state index in [1.165, 1.54) is 0 Å². The van der Waals surface area contributed by atoms with Crippen LogP contribution in [0.4, 0.5) is 0 Å². The van der Waals surface area contributed by atoms with Crippen molar-refractivity contribution in [1.82, 2.24) is 0 Å². The first-order valence-electron chi connectivity index (χ1n) is 6.18. The Morgan fingerprint density at radius 2 is 1.60 bits per heavy atom. The van der Waals surface area contributed by atoms with E-state index in [1.807, 2.05) is 30.3 Å². The summed E-state index contributed by atoms with van der Waals surface area (Å²) in [6, 6.07) is 18.1. The molecular weight excluding hydrogens is 254 g/mol. The van der Waals surface area contributed by atoms with Crippen molar-refractivity contribution < 1.29 is 14.6 Å². The van der Waals surface area contributed by atoms with Crippen molar-refractivity contribution in [1.29, 1.82) is 5.26 Å². The molecule has 0 heterocycles. The fourth-order valence-electron chi connectivity index (χ4n) is 1.88. The Morgan fingerprint density at radius 3 is 2.20 bits per heavy atom. The highest BCUT2D eigenvalue weighted by Crippen LogP contribution is 2.32. The van der Waals surface area contributed by atoms with Gasteiger partial charge in [-0.25, -0.2) is 0 Å². The normalized spacial score (nSPS) is 13.1. The van der Waals surface area contributed by atoms with E-state index < -0.39 is 12.2 Å². The van der Waals surface area contributed by atoms with Gasteiger partial charge in [-0.3, -0.25) is 0 Å². The van der Waals surface area contributed by atoms with E-state index >= 15 is 0 Å². The predicted octanol–water partition coefficient (Wildman–Crippen LogP) is 2.70. The van der Waals surface area contributed by atoms with E-state index in [9.17, 15) is 5.11 Å². The number of benzene rings is 2. The van der Waals surface area contributed by atoms with Crippen LogP contribution in [0.5, 0.6) is 11.5 Å². The Balaban J connectivity index is 2.32. The molecule has 0 aliphatic rings. The molecular formula is C16H15NO3. The van der Waals surface area contributed by atoms with Gasteiger partial charge < -0.3 is 14.6 Å². The number of aliphatic hydroxyl groups is 1.